The maximum atomic E-state index is 12.4. The molecule has 2 aromatic carbocycles. The van der Waals surface area contributed by atoms with Gasteiger partial charge in [-0.1, -0.05) is 27.7 Å². The molecule has 5 amide bonds. The van der Waals surface area contributed by atoms with Crippen molar-refractivity contribution in [1.29, 1.82) is 0 Å². The summed E-state index contributed by atoms with van der Waals surface area (Å²) in [5.41, 5.74) is 1.41. The summed E-state index contributed by atoms with van der Waals surface area (Å²) in [5, 5.41) is 19.5. The molecule has 24 heteroatoms. The summed E-state index contributed by atoms with van der Waals surface area (Å²) >= 11 is 0. The van der Waals surface area contributed by atoms with E-state index in [0.29, 0.717) is 43.4 Å². The quantitative estimate of drug-likeness (QED) is 0.0365. The Morgan fingerprint density at radius 3 is 1.37 bits per heavy atom. The number of amides is 5. The van der Waals surface area contributed by atoms with Gasteiger partial charge in [0.2, 0.25) is 11.9 Å². The molecule has 2 aromatic heterocycles. The Morgan fingerprint density at radius 2 is 1.01 bits per heavy atom. The number of nitrogens with one attached hydrogen (secondary N) is 7. The number of alkyl halides is 6. The van der Waals surface area contributed by atoms with Gasteiger partial charge in [0.25, 0.3) is 0 Å². The zero-order valence-electron chi connectivity index (χ0n) is 38.6. The van der Waals surface area contributed by atoms with E-state index < -0.39 is 42.2 Å². The summed E-state index contributed by atoms with van der Waals surface area (Å²) in [5.74, 6) is 0.634. The fourth-order valence-electron chi connectivity index (χ4n) is 5.27. The molecule has 368 valence electrons. The van der Waals surface area contributed by atoms with Crippen LogP contribution < -0.4 is 46.7 Å². The number of carbonyl (C=O) groups is 3. The molecule has 0 aliphatic rings. The second-order valence-electron chi connectivity index (χ2n) is 16.2. The lowest BCUT2D eigenvalue weighted by atomic mass is 10.1. The molecule has 0 fully saturated rings. The lowest BCUT2D eigenvalue weighted by molar-refractivity contribution is -0.275. The van der Waals surface area contributed by atoms with Crippen LogP contribution in [0.15, 0.2) is 60.7 Å². The number of halogens is 6. The van der Waals surface area contributed by atoms with Gasteiger partial charge in [-0.25, -0.2) is 24.4 Å². The van der Waals surface area contributed by atoms with E-state index in [1.165, 1.54) is 29.2 Å². The molecule has 0 aliphatic carbocycles. The van der Waals surface area contributed by atoms with E-state index in [-0.39, 0.29) is 40.9 Å². The Kier molecular flexibility index (Phi) is 20.5. The first kappa shape index (κ1) is 54.5. The number of hydrogen-bond donors (Lipinski definition) is 7. The summed E-state index contributed by atoms with van der Waals surface area (Å²) in [6.45, 7) is 15.8. The second-order valence-corrected chi connectivity index (χ2v) is 16.2. The van der Waals surface area contributed by atoms with Gasteiger partial charge in [-0.2, -0.15) is 9.97 Å². The van der Waals surface area contributed by atoms with E-state index in [1.54, 1.807) is 33.9 Å². The second kappa shape index (κ2) is 25.2. The molecule has 0 saturated carbocycles. The topological polar surface area (TPSA) is 218 Å². The van der Waals surface area contributed by atoms with Gasteiger partial charge in [-0.05, 0) is 108 Å². The Balaban J connectivity index is 0.000000363. The Morgan fingerprint density at radius 1 is 0.612 bits per heavy atom. The van der Waals surface area contributed by atoms with Crippen LogP contribution in [0.2, 0.25) is 0 Å². The van der Waals surface area contributed by atoms with Crippen LogP contribution in [0.5, 0.6) is 11.5 Å². The van der Waals surface area contributed by atoms with Crippen LogP contribution >= 0.6 is 0 Å². The highest BCUT2D eigenvalue weighted by atomic mass is 19.4. The minimum Gasteiger partial charge on any atom is -0.444 e. The standard InChI is InChI=1S/C24H33F3N6O4.C19H25F3N6O2/c1-15(2)18-14-19(28-12-7-13-33(6)22(35)37-23(3,4)5)31-20(30-18)32-21(34)29-16-8-10-17(11-9-16)36-24(25,26)27;1-12(2)15-11-16(24-10-4-9-23-3)27-17(26-15)28-18(29)25-13-5-7-14(8-6-13)30-19(20,21)22/h8-11,14-15H,7,12-13H2,1-6H3,(H3,28,29,30,31,32,34);5-8,11-12,23H,4,9-10H2,1-3H3,(H3,24,25,26,27,28,29). The maximum absolute atomic E-state index is 12.4. The third-order valence-electron chi connectivity index (χ3n) is 8.41. The van der Waals surface area contributed by atoms with Gasteiger partial charge in [-0.15, -0.1) is 26.3 Å². The molecule has 2 heterocycles. The highest BCUT2D eigenvalue weighted by Gasteiger charge is 2.32. The van der Waals surface area contributed by atoms with E-state index in [4.69, 9.17) is 4.74 Å². The summed E-state index contributed by atoms with van der Waals surface area (Å²) in [4.78, 5) is 55.5. The van der Waals surface area contributed by atoms with Gasteiger partial charge < -0.3 is 45.7 Å². The number of hydrogen-bond acceptors (Lipinski definition) is 13. The van der Waals surface area contributed by atoms with Gasteiger partial charge in [0.05, 0.1) is 11.4 Å². The highest BCUT2D eigenvalue weighted by Crippen LogP contribution is 2.26. The average Bonchev–Trinajstić information content (AvgIpc) is 3.21. The maximum Gasteiger partial charge on any atom is 0.573 e. The van der Waals surface area contributed by atoms with Crippen LogP contribution in [-0.2, 0) is 4.74 Å². The third-order valence-corrected chi connectivity index (χ3v) is 8.41. The molecule has 0 unspecified atom stereocenters. The molecule has 4 rings (SSSR count). The highest BCUT2D eigenvalue weighted by molar-refractivity contribution is 5.99. The molecular weight excluding hydrogens is 895 g/mol. The van der Waals surface area contributed by atoms with Crippen molar-refractivity contribution in [2.75, 3.05) is 72.2 Å². The number of rotatable bonds is 18. The monoisotopic (exact) mass is 952 g/mol. The first-order chi connectivity index (χ1) is 31.3. The summed E-state index contributed by atoms with van der Waals surface area (Å²) in [7, 11) is 3.53. The predicted molar refractivity (Wildman–Crippen MR) is 243 cm³/mol. The van der Waals surface area contributed by atoms with E-state index in [9.17, 15) is 40.7 Å². The van der Waals surface area contributed by atoms with Crippen molar-refractivity contribution in [1.82, 2.24) is 30.2 Å². The molecule has 0 atom stereocenters. The lowest BCUT2D eigenvalue weighted by Gasteiger charge is -2.24. The molecule has 4 aromatic rings. The first-order valence-electron chi connectivity index (χ1n) is 21.0. The molecule has 7 N–H and O–H groups in total. The van der Waals surface area contributed by atoms with E-state index >= 15 is 0 Å². The normalized spacial score (nSPS) is 11.5. The molecule has 0 saturated heterocycles. The van der Waals surface area contributed by atoms with E-state index in [2.05, 4.69) is 66.6 Å². The predicted octanol–water partition coefficient (Wildman–Crippen LogP) is 9.98. The number of ether oxygens (including phenoxy) is 3. The van der Waals surface area contributed by atoms with Crippen LogP contribution in [-0.4, -0.2) is 102 Å². The van der Waals surface area contributed by atoms with Gasteiger partial charge in [0.1, 0.15) is 28.7 Å². The molecule has 18 nitrogen and oxygen atoms in total. The van der Waals surface area contributed by atoms with Gasteiger partial charge in [0, 0.05) is 50.2 Å². The van der Waals surface area contributed by atoms with Crippen molar-refractivity contribution >= 4 is 53.1 Å². The molecule has 0 bridgehead atoms. The van der Waals surface area contributed by atoms with Gasteiger partial charge in [-0.3, -0.25) is 10.6 Å². The third kappa shape index (κ3) is 22.3. The van der Waals surface area contributed by atoms with E-state index in [1.807, 2.05) is 40.8 Å². The SMILES string of the molecule is CC(C)c1cc(NCCCN(C)C(=O)OC(C)(C)C)nc(NC(=O)Nc2ccc(OC(F)(F)F)cc2)n1.CNCCCNc1cc(C(C)C)nc(NC(=O)Nc2ccc(OC(F)(F)F)cc2)n1. The molecule has 67 heavy (non-hydrogen) atoms. The zero-order valence-corrected chi connectivity index (χ0v) is 38.6. The van der Waals surface area contributed by atoms with Crippen molar-refractivity contribution in [2.24, 2.45) is 0 Å². The van der Waals surface area contributed by atoms with Crippen molar-refractivity contribution in [3.63, 3.8) is 0 Å². The van der Waals surface area contributed by atoms with Crippen LogP contribution in [0.25, 0.3) is 0 Å². The number of anilines is 6. The fraction of sp³-hybridized carbons (Fsp3) is 0.465. The number of nitrogens with zero attached hydrogens (tertiary/aromatic N) is 5. The zero-order chi connectivity index (χ0) is 50.0. The molecular formula is C43H58F6N12O6. The molecule has 0 radical (unpaired) electrons. The number of carbonyl (C=O) groups excluding carboxylic acids is 3. The largest absolute Gasteiger partial charge is 0.573 e. The fourth-order valence-corrected chi connectivity index (χ4v) is 5.27. The van der Waals surface area contributed by atoms with E-state index in [0.717, 1.165) is 42.9 Å². The number of urea groups is 2. The van der Waals surface area contributed by atoms with Crippen molar-refractivity contribution in [2.45, 2.75) is 91.5 Å². The van der Waals surface area contributed by atoms with Crippen LogP contribution in [0.1, 0.15) is 84.5 Å². The summed E-state index contributed by atoms with van der Waals surface area (Å²) in [6.07, 6.45) is -8.46. The molecule has 0 aliphatic heterocycles. The smallest absolute Gasteiger partial charge is 0.444 e. The van der Waals surface area contributed by atoms with Crippen LogP contribution in [0.4, 0.5) is 75.6 Å². The molecule has 0 spiro atoms. The number of aromatic nitrogens is 4. The summed E-state index contributed by atoms with van der Waals surface area (Å²) < 4.78 is 86.4. The first-order valence-corrected chi connectivity index (χ1v) is 21.0. The lowest BCUT2D eigenvalue weighted by Crippen LogP contribution is -2.35. The average molecular weight is 953 g/mol. The van der Waals surface area contributed by atoms with Gasteiger partial charge >= 0.3 is 30.9 Å². The van der Waals surface area contributed by atoms with Crippen molar-refractivity contribution in [3.8, 4) is 11.5 Å². The van der Waals surface area contributed by atoms with Crippen molar-refractivity contribution in [3.05, 3.63) is 72.1 Å². The minimum atomic E-state index is -4.80. The van der Waals surface area contributed by atoms with Crippen LogP contribution in [0, 0.1) is 0 Å². The van der Waals surface area contributed by atoms with Gasteiger partial charge in [0.15, 0.2) is 0 Å². The Bertz CT molecular complexity index is 2190. The number of benzene rings is 2. The van der Waals surface area contributed by atoms with Crippen LogP contribution in [0.3, 0.4) is 0 Å². The Labute approximate surface area is 384 Å². The summed E-state index contributed by atoms with van der Waals surface area (Å²) in [6, 6.07) is 11.8. The minimum absolute atomic E-state index is 0.0478. The van der Waals surface area contributed by atoms with Crippen molar-refractivity contribution < 1.29 is 54.9 Å². The Hall–Kier alpha value is -6.85.